The number of nitrogens with two attached hydrogens (primary N) is 1. The lowest BCUT2D eigenvalue weighted by molar-refractivity contribution is -0.139. The van der Waals surface area contributed by atoms with Gasteiger partial charge in [-0.15, -0.1) is 0 Å². The SMILES string of the molecule is CC(=O)N(CCN)C[C@H]1CC[C@@H]2[C@H](O1)c1cc(C(F)(F)F)ccc1N[C@H]2c1ccccc1. The fourth-order valence-electron chi connectivity index (χ4n) is 4.84. The van der Waals surface area contributed by atoms with Crippen LogP contribution < -0.4 is 11.1 Å². The van der Waals surface area contributed by atoms with Crippen LogP contribution in [-0.2, 0) is 15.7 Å². The number of carbonyl (C=O) groups excluding carboxylic acids is 1. The Morgan fingerprint density at radius 2 is 1.94 bits per heavy atom. The molecule has 1 fully saturated rings. The fourth-order valence-corrected chi connectivity index (χ4v) is 4.84. The number of amides is 1. The number of ether oxygens (including phenoxy) is 1. The third-order valence-electron chi connectivity index (χ3n) is 6.40. The lowest BCUT2D eigenvalue weighted by atomic mass is 9.76. The van der Waals surface area contributed by atoms with Crippen molar-refractivity contribution in [1.82, 2.24) is 4.90 Å². The minimum atomic E-state index is -4.43. The predicted octanol–water partition coefficient (Wildman–Crippen LogP) is 4.52. The van der Waals surface area contributed by atoms with E-state index in [-0.39, 0.29) is 24.0 Å². The lowest BCUT2D eigenvalue weighted by Crippen LogP contribution is -2.45. The van der Waals surface area contributed by atoms with Gasteiger partial charge in [0.1, 0.15) is 0 Å². The largest absolute Gasteiger partial charge is 0.416 e. The van der Waals surface area contributed by atoms with E-state index >= 15 is 0 Å². The maximum Gasteiger partial charge on any atom is 0.416 e. The summed E-state index contributed by atoms with van der Waals surface area (Å²) in [6.45, 7) is 2.64. The summed E-state index contributed by atoms with van der Waals surface area (Å²) in [6.07, 6.45) is -3.70. The number of halogens is 3. The van der Waals surface area contributed by atoms with Gasteiger partial charge >= 0.3 is 6.18 Å². The van der Waals surface area contributed by atoms with E-state index in [1.54, 1.807) is 4.90 Å². The summed E-state index contributed by atoms with van der Waals surface area (Å²) in [5, 5.41) is 3.46. The molecule has 2 heterocycles. The molecule has 0 radical (unpaired) electrons. The standard InChI is InChI=1S/C24H28F3N3O2/c1-15(31)30(12-11-28)14-18-8-9-19-22(16-5-3-2-4-6-16)29-21-10-7-17(24(25,26)27)13-20(21)23(19)32-18/h2-7,10,13,18-19,22-23,29H,8-9,11-12,14,28H2,1H3/t18-,19+,22+,23+/m1/s1. The Morgan fingerprint density at radius 1 is 1.19 bits per heavy atom. The molecule has 1 amide bonds. The van der Waals surface area contributed by atoms with Crippen molar-refractivity contribution in [3.05, 3.63) is 65.2 Å². The van der Waals surface area contributed by atoms with Crippen molar-refractivity contribution in [3.8, 4) is 0 Å². The van der Waals surface area contributed by atoms with Gasteiger partial charge in [0.2, 0.25) is 5.91 Å². The lowest BCUT2D eigenvalue weighted by Gasteiger charge is -2.46. The maximum atomic E-state index is 13.4. The number of nitrogens with one attached hydrogen (secondary N) is 1. The Hall–Kier alpha value is -2.58. The maximum absolute atomic E-state index is 13.4. The number of nitrogens with zero attached hydrogens (tertiary/aromatic N) is 1. The van der Waals surface area contributed by atoms with E-state index in [4.69, 9.17) is 10.5 Å². The molecule has 0 saturated carbocycles. The second-order valence-electron chi connectivity index (χ2n) is 8.51. The molecule has 0 aliphatic carbocycles. The first kappa shape index (κ1) is 22.6. The van der Waals surface area contributed by atoms with Crippen molar-refractivity contribution in [2.45, 2.75) is 44.2 Å². The van der Waals surface area contributed by atoms with Crippen LogP contribution in [0.4, 0.5) is 18.9 Å². The first-order chi connectivity index (χ1) is 15.3. The van der Waals surface area contributed by atoms with Crippen molar-refractivity contribution in [3.63, 3.8) is 0 Å². The molecular formula is C24H28F3N3O2. The van der Waals surface area contributed by atoms with Crippen LogP contribution in [0.15, 0.2) is 48.5 Å². The van der Waals surface area contributed by atoms with Gasteiger partial charge in [-0.05, 0) is 36.6 Å². The molecule has 0 bridgehead atoms. The molecule has 4 rings (SSSR count). The number of benzene rings is 2. The van der Waals surface area contributed by atoms with Gasteiger partial charge in [0.15, 0.2) is 0 Å². The smallest absolute Gasteiger partial charge is 0.378 e. The number of carbonyl (C=O) groups is 1. The number of alkyl halides is 3. The Morgan fingerprint density at radius 3 is 2.59 bits per heavy atom. The van der Waals surface area contributed by atoms with E-state index in [2.05, 4.69) is 5.32 Å². The average molecular weight is 448 g/mol. The van der Waals surface area contributed by atoms with Crippen LogP contribution in [0.3, 0.4) is 0 Å². The summed E-state index contributed by atoms with van der Waals surface area (Å²) in [5.74, 6) is -0.113. The number of rotatable bonds is 5. The second-order valence-corrected chi connectivity index (χ2v) is 8.51. The minimum absolute atomic E-state index is 0.0232. The zero-order valence-electron chi connectivity index (χ0n) is 17.9. The van der Waals surface area contributed by atoms with Crippen LogP contribution >= 0.6 is 0 Å². The molecule has 4 atom stereocenters. The molecule has 8 heteroatoms. The summed E-state index contributed by atoms with van der Waals surface area (Å²) in [5.41, 5.74) is 7.19. The Kier molecular flexibility index (Phi) is 6.44. The van der Waals surface area contributed by atoms with E-state index in [9.17, 15) is 18.0 Å². The second kappa shape index (κ2) is 9.11. The quantitative estimate of drug-likeness (QED) is 0.708. The monoisotopic (exact) mass is 447 g/mol. The molecule has 2 aromatic carbocycles. The molecule has 2 aliphatic heterocycles. The van der Waals surface area contributed by atoms with E-state index in [0.29, 0.717) is 30.9 Å². The highest BCUT2D eigenvalue weighted by Gasteiger charge is 2.44. The van der Waals surface area contributed by atoms with Crippen LogP contribution in [0, 0.1) is 5.92 Å². The highest BCUT2D eigenvalue weighted by molar-refractivity contribution is 5.73. The van der Waals surface area contributed by atoms with Gasteiger partial charge in [-0.3, -0.25) is 4.79 Å². The van der Waals surface area contributed by atoms with Gasteiger partial charge in [-0.1, -0.05) is 30.3 Å². The van der Waals surface area contributed by atoms with E-state index in [0.717, 1.165) is 24.5 Å². The zero-order chi connectivity index (χ0) is 22.9. The molecule has 172 valence electrons. The van der Waals surface area contributed by atoms with Crippen LogP contribution in [0.2, 0.25) is 0 Å². The molecule has 5 nitrogen and oxygen atoms in total. The summed E-state index contributed by atoms with van der Waals surface area (Å²) in [4.78, 5) is 13.6. The molecule has 0 aromatic heterocycles. The van der Waals surface area contributed by atoms with E-state index < -0.39 is 17.8 Å². The van der Waals surface area contributed by atoms with Crippen LogP contribution in [0.1, 0.15) is 48.6 Å². The van der Waals surface area contributed by atoms with Gasteiger partial charge in [-0.25, -0.2) is 0 Å². The van der Waals surface area contributed by atoms with E-state index in [1.807, 2.05) is 30.3 Å². The Labute approximate surface area is 185 Å². The first-order valence-corrected chi connectivity index (χ1v) is 10.9. The van der Waals surface area contributed by atoms with Gasteiger partial charge in [0, 0.05) is 43.7 Å². The zero-order valence-corrected chi connectivity index (χ0v) is 17.9. The summed E-state index contributed by atoms with van der Waals surface area (Å²) >= 11 is 0. The summed E-state index contributed by atoms with van der Waals surface area (Å²) in [7, 11) is 0. The Balaban J connectivity index is 1.67. The topological polar surface area (TPSA) is 67.6 Å². The predicted molar refractivity (Wildman–Crippen MR) is 116 cm³/mol. The minimum Gasteiger partial charge on any atom is -0.378 e. The summed E-state index contributed by atoms with van der Waals surface area (Å²) in [6, 6.07) is 13.6. The van der Waals surface area contributed by atoms with Crippen LogP contribution in [0.25, 0.3) is 0 Å². The molecule has 0 unspecified atom stereocenters. The normalized spacial score (nSPS) is 24.8. The highest BCUT2D eigenvalue weighted by Crippen LogP contribution is 2.51. The van der Waals surface area contributed by atoms with Crippen LogP contribution in [0.5, 0.6) is 0 Å². The molecular weight excluding hydrogens is 419 g/mol. The average Bonchev–Trinajstić information content (AvgIpc) is 2.77. The van der Waals surface area contributed by atoms with Crippen LogP contribution in [-0.4, -0.2) is 36.5 Å². The van der Waals surface area contributed by atoms with Gasteiger partial charge in [-0.2, -0.15) is 13.2 Å². The Bertz CT molecular complexity index is 951. The van der Waals surface area contributed by atoms with Crippen molar-refractivity contribution in [2.24, 2.45) is 11.7 Å². The highest BCUT2D eigenvalue weighted by atomic mass is 19.4. The third kappa shape index (κ3) is 4.61. The fraction of sp³-hybridized carbons (Fsp3) is 0.458. The molecule has 2 aliphatic rings. The molecule has 0 spiro atoms. The first-order valence-electron chi connectivity index (χ1n) is 10.9. The van der Waals surface area contributed by atoms with Crippen molar-refractivity contribution in [1.29, 1.82) is 0 Å². The molecule has 1 saturated heterocycles. The number of hydrogen-bond acceptors (Lipinski definition) is 4. The third-order valence-corrected chi connectivity index (χ3v) is 6.40. The van der Waals surface area contributed by atoms with Gasteiger partial charge in [0.05, 0.1) is 23.8 Å². The van der Waals surface area contributed by atoms with E-state index in [1.165, 1.54) is 19.1 Å². The van der Waals surface area contributed by atoms with Crippen molar-refractivity contribution < 1.29 is 22.7 Å². The number of fused-ring (bicyclic) bond motifs is 3. The van der Waals surface area contributed by atoms with Gasteiger partial charge < -0.3 is 20.7 Å². The molecule has 3 N–H and O–H groups in total. The number of anilines is 1. The van der Waals surface area contributed by atoms with Gasteiger partial charge in [0.25, 0.3) is 0 Å². The van der Waals surface area contributed by atoms with Crippen molar-refractivity contribution >= 4 is 11.6 Å². The van der Waals surface area contributed by atoms with Crippen molar-refractivity contribution in [2.75, 3.05) is 25.0 Å². The molecule has 2 aromatic rings. The summed E-state index contributed by atoms with van der Waals surface area (Å²) < 4.78 is 46.7. The molecule has 32 heavy (non-hydrogen) atoms. The number of hydrogen-bond donors (Lipinski definition) is 2.